The van der Waals surface area contributed by atoms with Crippen LogP contribution in [0.1, 0.15) is 37.1 Å². The zero-order valence-corrected chi connectivity index (χ0v) is 21.4. The van der Waals surface area contributed by atoms with Crippen molar-refractivity contribution in [2.24, 2.45) is 11.8 Å². The Bertz CT molecular complexity index is 1590. The SMILES string of the molecule is [C-]#[N+]C1=C[C@@]2(C)c3c(c(-c4ccccc4C)nn3-c3ccc(-c4ccccc4)cc3)CC[C@@H]2[C@@H](C)C1=O. The molecular weight excluding hydrogens is 454 g/mol. The number of allylic oxidation sites excluding steroid dienone is 2. The number of Topliss-reactive ketones (excluding diaryl/α,β-unsaturated/α-hetero) is 1. The van der Waals surface area contributed by atoms with Crippen LogP contribution in [0.15, 0.2) is 90.6 Å². The largest absolute Gasteiger partial charge is 0.308 e. The van der Waals surface area contributed by atoms with Crippen LogP contribution in [0.2, 0.25) is 0 Å². The number of benzene rings is 3. The van der Waals surface area contributed by atoms with Gasteiger partial charge in [0.1, 0.15) is 0 Å². The molecule has 0 aliphatic heterocycles. The van der Waals surface area contributed by atoms with Crippen LogP contribution >= 0.6 is 0 Å². The second-order valence-corrected chi connectivity index (χ2v) is 10.5. The van der Waals surface area contributed by atoms with E-state index in [0.29, 0.717) is 0 Å². The molecule has 4 heteroatoms. The summed E-state index contributed by atoms with van der Waals surface area (Å²) < 4.78 is 2.08. The van der Waals surface area contributed by atoms with Gasteiger partial charge >= 0.3 is 0 Å². The molecule has 0 radical (unpaired) electrons. The average Bonchev–Trinajstić information content (AvgIpc) is 3.32. The molecule has 0 spiro atoms. The number of aromatic nitrogens is 2. The maximum Gasteiger partial charge on any atom is 0.226 e. The maximum atomic E-state index is 13.0. The van der Waals surface area contributed by atoms with E-state index in [2.05, 4.69) is 96.2 Å². The highest BCUT2D eigenvalue weighted by Crippen LogP contribution is 2.52. The molecule has 6 rings (SSSR count). The summed E-state index contributed by atoms with van der Waals surface area (Å²) in [5, 5.41) is 5.25. The van der Waals surface area contributed by atoms with Gasteiger partial charge in [-0.1, -0.05) is 86.7 Å². The molecular formula is C33H29N3O. The molecule has 3 aromatic carbocycles. The molecule has 0 amide bonds. The number of nitrogens with zero attached hydrogens (tertiary/aromatic N) is 3. The van der Waals surface area contributed by atoms with E-state index in [1.54, 1.807) is 0 Å². The molecule has 0 fully saturated rings. The van der Waals surface area contributed by atoms with Crippen molar-refractivity contribution in [1.29, 1.82) is 0 Å². The first-order valence-electron chi connectivity index (χ1n) is 12.9. The molecule has 4 nitrogen and oxygen atoms in total. The van der Waals surface area contributed by atoms with Crippen molar-refractivity contribution in [2.75, 3.05) is 0 Å². The molecule has 0 bridgehead atoms. The number of carbonyl (C=O) groups is 1. The van der Waals surface area contributed by atoms with Gasteiger partial charge in [0.2, 0.25) is 5.70 Å². The summed E-state index contributed by atoms with van der Waals surface area (Å²) in [6.45, 7) is 14.0. The third-order valence-electron chi connectivity index (χ3n) is 8.42. The van der Waals surface area contributed by atoms with Gasteiger partial charge in [0.15, 0.2) is 5.78 Å². The van der Waals surface area contributed by atoms with Crippen LogP contribution in [-0.4, -0.2) is 15.6 Å². The van der Waals surface area contributed by atoms with Crippen LogP contribution in [0.25, 0.3) is 32.9 Å². The van der Waals surface area contributed by atoms with Crippen molar-refractivity contribution in [3.63, 3.8) is 0 Å². The normalized spacial score (nSPS) is 22.5. The third kappa shape index (κ3) is 3.57. The molecule has 0 unspecified atom stereocenters. The summed E-state index contributed by atoms with van der Waals surface area (Å²) in [5.41, 5.74) is 8.76. The molecule has 3 atom stereocenters. The molecule has 0 saturated carbocycles. The second-order valence-electron chi connectivity index (χ2n) is 10.5. The number of ketones is 1. The standard InChI is InChI=1S/C33H29N3O/c1-21-10-8-9-13-26(21)30-27-18-19-28-22(2)31(37)29(34-4)20-33(28,3)32(27)36(35-30)25-16-14-24(15-17-25)23-11-6-5-7-12-23/h5-17,20,22,28H,18-19H2,1-3H3/t22-,28-,33-/m1/s1. The summed E-state index contributed by atoms with van der Waals surface area (Å²) in [4.78, 5) is 16.6. The third-order valence-corrected chi connectivity index (χ3v) is 8.42. The van der Waals surface area contributed by atoms with Gasteiger partial charge in [0.25, 0.3) is 0 Å². The first-order chi connectivity index (χ1) is 17.9. The van der Waals surface area contributed by atoms with Crippen molar-refractivity contribution in [2.45, 2.75) is 39.0 Å². The van der Waals surface area contributed by atoms with Crippen LogP contribution in [0.3, 0.4) is 0 Å². The monoisotopic (exact) mass is 483 g/mol. The minimum atomic E-state index is -0.465. The fourth-order valence-corrected chi connectivity index (χ4v) is 6.49. The fourth-order valence-electron chi connectivity index (χ4n) is 6.49. The van der Waals surface area contributed by atoms with Crippen LogP contribution in [0.5, 0.6) is 0 Å². The fraction of sp³-hybridized carbons (Fsp3) is 0.242. The lowest BCUT2D eigenvalue weighted by atomic mass is 9.58. The lowest BCUT2D eigenvalue weighted by Crippen LogP contribution is -2.46. The van der Waals surface area contributed by atoms with E-state index in [1.807, 2.05) is 19.1 Å². The topological polar surface area (TPSA) is 39.2 Å². The Labute approximate surface area is 218 Å². The van der Waals surface area contributed by atoms with Gasteiger partial charge in [-0.05, 0) is 54.5 Å². The highest BCUT2D eigenvalue weighted by atomic mass is 16.1. The smallest absolute Gasteiger partial charge is 0.226 e. The van der Waals surface area contributed by atoms with Crippen molar-refractivity contribution >= 4 is 5.78 Å². The van der Waals surface area contributed by atoms with Gasteiger partial charge in [-0.15, -0.1) is 0 Å². The Morgan fingerprint density at radius 3 is 2.35 bits per heavy atom. The van der Waals surface area contributed by atoms with Gasteiger partial charge in [-0.25, -0.2) is 9.53 Å². The van der Waals surface area contributed by atoms with Crippen LogP contribution in [0.4, 0.5) is 0 Å². The number of carbonyl (C=O) groups excluding carboxylic acids is 1. The first-order valence-corrected chi connectivity index (χ1v) is 12.9. The van der Waals surface area contributed by atoms with E-state index in [9.17, 15) is 4.79 Å². The molecule has 182 valence electrons. The number of aryl methyl sites for hydroxylation is 1. The van der Waals surface area contributed by atoms with Crippen molar-refractivity contribution in [1.82, 2.24) is 9.78 Å². The van der Waals surface area contributed by atoms with Gasteiger partial charge in [-0.2, -0.15) is 5.10 Å². The zero-order valence-electron chi connectivity index (χ0n) is 21.4. The zero-order chi connectivity index (χ0) is 25.7. The van der Waals surface area contributed by atoms with Crippen molar-refractivity contribution < 1.29 is 4.79 Å². The van der Waals surface area contributed by atoms with Crippen LogP contribution in [0, 0.1) is 25.3 Å². The molecule has 0 N–H and O–H groups in total. The number of hydrogen-bond donors (Lipinski definition) is 0. The molecule has 4 aromatic rings. The predicted molar refractivity (Wildman–Crippen MR) is 147 cm³/mol. The Morgan fingerprint density at radius 2 is 1.65 bits per heavy atom. The maximum absolute atomic E-state index is 13.0. The molecule has 1 heterocycles. The minimum Gasteiger partial charge on any atom is -0.308 e. The van der Waals surface area contributed by atoms with Gasteiger partial charge < -0.3 is 4.79 Å². The summed E-state index contributed by atoms with van der Waals surface area (Å²) in [7, 11) is 0. The van der Waals surface area contributed by atoms with Gasteiger partial charge in [0.05, 0.1) is 23.6 Å². The summed E-state index contributed by atoms with van der Waals surface area (Å²) in [6, 6.07) is 27.3. The summed E-state index contributed by atoms with van der Waals surface area (Å²) in [5.74, 6) is -0.0990. The molecule has 2 aliphatic carbocycles. The van der Waals surface area contributed by atoms with Crippen LogP contribution < -0.4 is 0 Å². The van der Waals surface area contributed by atoms with Crippen LogP contribution in [-0.2, 0) is 16.6 Å². The van der Waals surface area contributed by atoms with E-state index in [-0.39, 0.29) is 23.3 Å². The van der Waals surface area contributed by atoms with E-state index >= 15 is 0 Å². The Kier molecular flexibility index (Phi) is 5.46. The van der Waals surface area contributed by atoms with Crippen molar-refractivity contribution in [3.8, 4) is 28.1 Å². The van der Waals surface area contributed by atoms with Crippen molar-refractivity contribution in [3.05, 3.63) is 119 Å². The van der Waals surface area contributed by atoms with Gasteiger partial charge in [0, 0.05) is 22.5 Å². The summed E-state index contributed by atoms with van der Waals surface area (Å²) in [6.07, 6.45) is 3.69. The number of fused-ring (bicyclic) bond motifs is 3. The lowest BCUT2D eigenvalue weighted by molar-refractivity contribution is -0.121. The van der Waals surface area contributed by atoms with E-state index < -0.39 is 5.41 Å². The number of rotatable bonds is 3. The second kappa shape index (κ2) is 8.71. The predicted octanol–water partition coefficient (Wildman–Crippen LogP) is 7.36. The van der Waals surface area contributed by atoms with Gasteiger partial charge in [-0.3, -0.25) is 0 Å². The molecule has 2 aliphatic rings. The molecule has 0 saturated heterocycles. The lowest BCUT2D eigenvalue weighted by Gasteiger charge is -2.45. The van der Waals surface area contributed by atoms with E-state index in [1.165, 1.54) is 16.7 Å². The highest BCUT2D eigenvalue weighted by Gasteiger charge is 2.50. The average molecular weight is 484 g/mol. The van der Waals surface area contributed by atoms with E-state index in [0.717, 1.165) is 41.0 Å². The minimum absolute atomic E-state index is 0.0293. The summed E-state index contributed by atoms with van der Waals surface area (Å²) >= 11 is 0. The first kappa shape index (κ1) is 23.2. The number of hydrogen-bond acceptors (Lipinski definition) is 2. The quantitative estimate of drug-likeness (QED) is 0.286. The molecule has 37 heavy (non-hydrogen) atoms. The molecule has 1 aromatic heterocycles. The van der Waals surface area contributed by atoms with E-state index in [4.69, 9.17) is 11.7 Å². The Morgan fingerprint density at radius 1 is 0.973 bits per heavy atom. The Hall–Kier alpha value is -4.23. The highest BCUT2D eigenvalue weighted by molar-refractivity contribution is 6.00. The Balaban J connectivity index is 1.59.